The van der Waals surface area contributed by atoms with E-state index in [9.17, 15) is 14.7 Å². The minimum atomic E-state index is -0.745. The zero-order valence-corrected chi connectivity index (χ0v) is 14.0. The molecule has 1 fully saturated rings. The number of amides is 2. The maximum absolute atomic E-state index is 11.8. The van der Waals surface area contributed by atoms with Crippen LogP contribution in [0, 0.1) is 11.8 Å². The molecule has 2 amide bonds. The smallest absolute Gasteiger partial charge is 0.315 e. The molecule has 1 aromatic rings. The molecule has 1 aromatic heterocycles. The highest BCUT2D eigenvalue weighted by molar-refractivity contribution is 9.11. The first-order valence-electron chi connectivity index (χ1n) is 7.05. The summed E-state index contributed by atoms with van der Waals surface area (Å²) >= 11 is 4.95. The summed E-state index contributed by atoms with van der Waals surface area (Å²) in [5, 5.41) is 14.8. The number of carboxylic acids is 1. The van der Waals surface area contributed by atoms with Gasteiger partial charge in [0.1, 0.15) is 0 Å². The van der Waals surface area contributed by atoms with Gasteiger partial charge in [0.05, 0.1) is 16.2 Å². The van der Waals surface area contributed by atoms with E-state index in [0.717, 1.165) is 27.9 Å². The molecular formula is C14H19BrN2O3S. The van der Waals surface area contributed by atoms with Gasteiger partial charge >= 0.3 is 12.0 Å². The van der Waals surface area contributed by atoms with E-state index in [0.29, 0.717) is 19.5 Å². The van der Waals surface area contributed by atoms with Gasteiger partial charge in [0.2, 0.25) is 0 Å². The van der Waals surface area contributed by atoms with Crippen molar-refractivity contribution in [3.63, 3.8) is 0 Å². The van der Waals surface area contributed by atoms with Crippen LogP contribution in [-0.4, -0.2) is 23.7 Å². The largest absolute Gasteiger partial charge is 0.481 e. The molecule has 0 saturated heterocycles. The number of urea groups is 1. The van der Waals surface area contributed by atoms with Gasteiger partial charge in [0.25, 0.3) is 0 Å². The van der Waals surface area contributed by atoms with Crippen molar-refractivity contribution in [3.8, 4) is 0 Å². The molecule has 0 bridgehead atoms. The first-order chi connectivity index (χ1) is 10.1. The average molecular weight is 375 g/mol. The topological polar surface area (TPSA) is 78.4 Å². The first kappa shape index (κ1) is 16.3. The summed E-state index contributed by atoms with van der Waals surface area (Å²) in [5.74, 6) is -1.03. The van der Waals surface area contributed by atoms with Crippen LogP contribution >= 0.6 is 27.3 Å². The Balaban J connectivity index is 1.73. The molecule has 0 aliphatic heterocycles. The van der Waals surface area contributed by atoms with Crippen molar-refractivity contribution >= 4 is 39.3 Å². The Kier molecular flexibility index (Phi) is 6.05. The lowest BCUT2D eigenvalue weighted by Crippen LogP contribution is -2.41. The maximum atomic E-state index is 11.8. The average Bonchev–Trinajstić information content (AvgIpc) is 2.88. The van der Waals surface area contributed by atoms with Gasteiger partial charge in [-0.15, -0.1) is 11.3 Å². The summed E-state index contributed by atoms with van der Waals surface area (Å²) in [5.41, 5.74) is 0. The Hall–Kier alpha value is -1.08. The van der Waals surface area contributed by atoms with Gasteiger partial charge < -0.3 is 15.7 Å². The van der Waals surface area contributed by atoms with Crippen LogP contribution in [0.5, 0.6) is 0 Å². The fourth-order valence-electron chi connectivity index (χ4n) is 2.68. The van der Waals surface area contributed by atoms with Gasteiger partial charge in [-0.2, -0.15) is 0 Å². The SMILES string of the molecule is O=C(NCc1ccc(Br)s1)NCC1CCCCC1C(=O)O. The highest BCUT2D eigenvalue weighted by Crippen LogP contribution is 2.29. The number of hydrogen-bond donors (Lipinski definition) is 3. The molecular weight excluding hydrogens is 356 g/mol. The second-order valence-corrected chi connectivity index (χ2v) is 7.81. The van der Waals surface area contributed by atoms with Crippen LogP contribution in [0.25, 0.3) is 0 Å². The molecule has 0 spiro atoms. The predicted molar refractivity (Wildman–Crippen MR) is 85.3 cm³/mol. The van der Waals surface area contributed by atoms with Crippen molar-refractivity contribution in [2.75, 3.05) is 6.54 Å². The van der Waals surface area contributed by atoms with E-state index >= 15 is 0 Å². The number of halogens is 1. The van der Waals surface area contributed by atoms with Crippen molar-refractivity contribution in [1.82, 2.24) is 10.6 Å². The van der Waals surface area contributed by atoms with Crippen molar-refractivity contribution in [3.05, 3.63) is 20.8 Å². The molecule has 2 rings (SSSR count). The minimum absolute atomic E-state index is 0.0397. The molecule has 0 aromatic carbocycles. The van der Waals surface area contributed by atoms with E-state index in [1.807, 2.05) is 12.1 Å². The van der Waals surface area contributed by atoms with Gasteiger partial charge in [-0.1, -0.05) is 12.8 Å². The third-order valence-electron chi connectivity index (χ3n) is 3.80. The third kappa shape index (κ3) is 5.00. The molecule has 1 heterocycles. The third-order valence-corrected chi connectivity index (χ3v) is 5.43. The number of rotatable bonds is 5. The van der Waals surface area contributed by atoms with Gasteiger partial charge in [0, 0.05) is 11.4 Å². The zero-order valence-electron chi connectivity index (χ0n) is 11.6. The van der Waals surface area contributed by atoms with Gasteiger partial charge in [-0.05, 0) is 46.8 Å². The molecule has 1 aliphatic rings. The Morgan fingerprint density at radius 1 is 1.29 bits per heavy atom. The van der Waals surface area contributed by atoms with E-state index in [-0.39, 0.29) is 17.9 Å². The number of carboxylic acid groups (broad SMARTS) is 1. The Bertz CT molecular complexity index is 506. The Morgan fingerprint density at radius 3 is 2.71 bits per heavy atom. The normalized spacial score (nSPS) is 21.8. The summed E-state index contributed by atoms with van der Waals surface area (Å²) in [6, 6.07) is 3.66. The highest BCUT2D eigenvalue weighted by Gasteiger charge is 2.30. The second kappa shape index (κ2) is 7.79. The fraction of sp³-hybridized carbons (Fsp3) is 0.571. The molecule has 21 heavy (non-hydrogen) atoms. The molecule has 5 nitrogen and oxygen atoms in total. The van der Waals surface area contributed by atoms with E-state index in [4.69, 9.17) is 0 Å². The van der Waals surface area contributed by atoms with E-state index < -0.39 is 5.97 Å². The van der Waals surface area contributed by atoms with Crippen molar-refractivity contribution in [2.24, 2.45) is 11.8 Å². The van der Waals surface area contributed by atoms with Crippen LogP contribution in [0.3, 0.4) is 0 Å². The van der Waals surface area contributed by atoms with E-state index in [2.05, 4.69) is 26.6 Å². The molecule has 7 heteroatoms. The fourth-order valence-corrected chi connectivity index (χ4v) is 4.10. The van der Waals surface area contributed by atoms with Gasteiger partial charge in [-0.3, -0.25) is 4.79 Å². The number of aliphatic carboxylic acids is 1. The molecule has 1 aliphatic carbocycles. The Morgan fingerprint density at radius 2 is 2.05 bits per heavy atom. The van der Waals surface area contributed by atoms with Crippen molar-refractivity contribution < 1.29 is 14.7 Å². The monoisotopic (exact) mass is 374 g/mol. The van der Waals surface area contributed by atoms with Crippen LogP contribution in [0.4, 0.5) is 4.79 Å². The quantitative estimate of drug-likeness (QED) is 0.740. The van der Waals surface area contributed by atoms with Crippen molar-refractivity contribution in [1.29, 1.82) is 0 Å². The van der Waals surface area contributed by atoms with E-state index in [1.54, 1.807) is 11.3 Å². The number of carbonyl (C=O) groups is 2. The maximum Gasteiger partial charge on any atom is 0.315 e. The number of carbonyl (C=O) groups excluding carboxylic acids is 1. The van der Waals surface area contributed by atoms with Crippen LogP contribution in [0.2, 0.25) is 0 Å². The lowest BCUT2D eigenvalue weighted by atomic mass is 9.79. The summed E-state index contributed by atoms with van der Waals surface area (Å²) in [4.78, 5) is 24.0. The standard InChI is InChI=1S/C14H19BrN2O3S/c15-12-6-5-10(21-12)8-17-14(20)16-7-9-3-1-2-4-11(9)13(18)19/h5-6,9,11H,1-4,7-8H2,(H,18,19)(H2,16,17,20). The predicted octanol–water partition coefficient (Wildman–Crippen LogP) is 3.20. The lowest BCUT2D eigenvalue weighted by molar-refractivity contribution is -0.144. The van der Waals surface area contributed by atoms with Gasteiger partial charge in [-0.25, -0.2) is 4.79 Å². The molecule has 116 valence electrons. The molecule has 0 radical (unpaired) electrons. The molecule has 1 saturated carbocycles. The van der Waals surface area contributed by atoms with Crippen LogP contribution in [0.15, 0.2) is 15.9 Å². The second-order valence-electron chi connectivity index (χ2n) is 5.26. The van der Waals surface area contributed by atoms with Crippen LogP contribution in [0.1, 0.15) is 30.6 Å². The van der Waals surface area contributed by atoms with E-state index in [1.165, 1.54) is 0 Å². The lowest BCUT2D eigenvalue weighted by Gasteiger charge is -2.28. The molecule has 3 N–H and O–H groups in total. The van der Waals surface area contributed by atoms with Crippen LogP contribution < -0.4 is 10.6 Å². The first-order valence-corrected chi connectivity index (χ1v) is 8.66. The summed E-state index contributed by atoms with van der Waals surface area (Å²) in [6.45, 7) is 0.909. The summed E-state index contributed by atoms with van der Waals surface area (Å²) in [6.07, 6.45) is 3.59. The van der Waals surface area contributed by atoms with Gasteiger partial charge in [0.15, 0.2) is 0 Å². The van der Waals surface area contributed by atoms with Crippen molar-refractivity contribution in [2.45, 2.75) is 32.2 Å². The Labute approximate surface area is 136 Å². The highest BCUT2D eigenvalue weighted by atomic mass is 79.9. The molecule has 2 unspecified atom stereocenters. The zero-order chi connectivity index (χ0) is 15.2. The minimum Gasteiger partial charge on any atom is -0.481 e. The van der Waals surface area contributed by atoms with Crippen LogP contribution in [-0.2, 0) is 11.3 Å². The number of thiophene rings is 1. The molecule has 2 atom stereocenters. The summed E-state index contributed by atoms with van der Waals surface area (Å²) in [7, 11) is 0. The number of hydrogen-bond acceptors (Lipinski definition) is 3. The summed E-state index contributed by atoms with van der Waals surface area (Å²) < 4.78 is 1.03. The number of nitrogens with one attached hydrogen (secondary N) is 2.